The van der Waals surface area contributed by atoms with E-state index in [1.165, 1.54) is 35.3 Å². The van der Waals surface area contributed by atoms with E-state index in [0.717, 1.165) is 0 Å². The average molecular weight is 284 g/mol. The van der Waals surface area contributed by atoms with Crippen LogP contribution in [0.15, 0.2) is 0 Å². The normalized spacial score (nSPS) is 12.0. The first kappa shape index (κ1) is 18.8. The third-order valence-electron chi connectivity index (χ3n) is 0.957. The van der Waals surface area contributed by atoms with Gasteiger partial charge >= 0.3 is 16.5 Å². The van der Waals surface area contributed by atoms with Crippen molar-refractivity contribution >= 4 is 59.1 Å². The fourth-order valence-corrected chi connectivity index (χ4v) is 0.625. The minimum Gasteiger partial charge on any atom is -0.436 e. The van der Waals surface area contributed by atoms with Gasteiger partial charge in [0.1, 0.15) is 0 Å². The summed E-state index contributed by atoms with van der Waals surface area (Å²) in [6, 6.07) is 0. The minimum atomic E-state index is 0. The van der Waals surface area contributed by atoms with Crippen molar-refractivity contribution in [3.8, 4) is 0 Å². The predicted molar refractivity (Wildman–Crippen MR) is 64.1 cm³/mol. The first-order chi connectivity index (χ1) is 5.33. The maximum absolute atomic E-state index is 4.08. The van der Waals surface area contributed by atoms with Crippen LogP contribution in [0, 0.1) is 0 Å². The Morgan fingerprint density at radius 2 is 1.25 bits per heavy atom. The molecule has 0 amide bonds. The molecule has 0 atom stereocenters. The zero-order chi connectivity index (χ0) is 8.95. The molecule has 0 aromatic rings. The first-order valence-electron chi connectivity index (χ1n) is 3.15. The van der Waals surface area contributed by atoms with Gasteiger partial charge in [-0.15, -0.1) is 0 Å². The van der Waals surface area contributed by atoms with E-state index >= 15 is 0 Å². The van der Waals surface area contributed by atoms with Crippen molar-refractivity contribution in [2.45, 2.75) is 12.8 Å². The topological polar surface area (TPSA) is 12.0 Å². The molecule has 1 saturated heterocycles. The van der Waals surface area contributed by atoms with E-state index < -0.39 is 0 Å². The van der Waals surface area contributed by atoms with Crippen molar-refractivity contribution in [1.82, 2.24) is 5.32 Å². The van der Waals surface area contributed by atoms with E-state index in [1.807, 2.05) is 0 Å². The van der Waals surface area contributed by atoms with Crippen LogP contribution in [0.1, 0.15) is 12.8 Å². The summed E-state index contributed by atoms with van der Waals surface area (Å²) in [4.78, 5) is 0. The van der Waals surface area contributed by atoms with Crippen molar-refractivity contribution in [2.24, 2.45) is 0 Å². The number of thiocarbonyl (C=S) groups is 2. The van der Waals surface area contributed by atoms with Crippen LogP contribution < -0.4 is 5.32 Å². The van der Waals surface area contributed by atoms with Crippen LogP contribution in [0.25, 0.3) is 0 Å². The largest absolute Gasteiger partial charge is 2.00 e. The van der Waals surface area contributed by atoms with Gasteiger partial charge in [-0.25, -0.2) is 0 Å². The van der Waals surface area contributed by atoms with Gasteiger partial charge in [-0.1, -0.05) is 0 Å². The summed E-state index contributed by atoms with van der Waals surface area (Å²) in [5, 5.41) is 3.22. The van der Waals surface area contributed by atoms with Crippen LogP contribution in [0.5, 0.6) is 0 Å². The van der Waals surface area contributed by atoms with Gasteiger partial charge in [-0.05, 0) is 25.9 Å². The molecule has 1 heterocycles. The second kappa shape index (κ2) is 22.7. The van der Waals surface area contributed by atoms with E-state index in [0.29, 0.717) is 0 Å². The molecule has 1 aliphatic rings. The molecule has 1 fully saturated rings. The quantitative estimate of drug-likeness (QED) is 0.408. The van der Waals surface area contributed by atoms with Crippen molar-refractivity contribution in [3.63, 3.8) is 0 Å². The van der Waals surface area contributed by atoms with Crippen LogP contribution in [0.3, 0.4) is 0 Å². The first-order valence-corrected chi connectivity index (χ1v) is 5.04. The SMILES string of the molecule is C1CCNC1.S=C[S-].S=C[S-].[Ni+2]. The molecular formula is C6H11NNiS4. The summed E-state index contributed by atoms with van der Waals surface area (Å²) in [5.74, 6) is 0. The third-order valence-corrected chi connectivity index (χ3v) is 0.957. The van der Waals surface area contributed by atoms with Crippen LogP contribution in [-0.2, 0) is 41.7 Å². The Morgan fingerprint density at radius 3 is 1.33 bits per heavy atom. The van der Waals surface area contributed by atoms with Crippen LogP contribution in [0.2, 0.25) is 0 Å². The monoisotopic (exact) mass is 283 g/mol. The standard InChI is InChI=1S/C4H9N.2CH2S2.Ni/c1-2-4-5-3-1;2*2-1-3;/h5H,1-4H2;2*1H,(H,2,3);/q;;;+2/p-2. The third kappa shape index (κ3) is 30.5. The fourth-order valence-electron chi connectivity index (χ4n) is 0.625. The van der Waals surface area contributed by atoms with E-state index in [9.17, 15) is 0 Å². The molecule has 0 saturated carbocycles. The minimum absolute atomic E-state index is 0. The Balaban J connectivity index is -0.000000104. The molecule has 0 bridgehead atoms. The van der Waals surface area contributed by atoms with Gasteiger partial charge in [-0.3, -0.25) is 0 Å². The molecule has 0 radical (unpaired) electrons. The molecule has 12 heavy (non-hydrogen) atoms. The van der Waals surface area contributed by atoms with E-state index in [2.05, 4.69) is 55.0 Å². The number of hydrogen-bond acceptors (Lipinski definition) is 5. The predicted octanol–water partition coefficient (Wildman–Crippen LogP) is 1.35. The van der Waals surface area contributed by atoms with Crippen LogP contribution in [-0.4, -0.2) is 22.5 Å². The summed E-state index contributed by atoms with van der Waals surface area (Å²) in [6.07, 6.45) is 2.78. The smallest absolute Gasteiger partial charge is 0.436 e. The molecule has 74 valence electrons. The number of hydrogen-bond donors (Lipinski definition) is 1. The molecule has 1 N–H and O–H groups in total. The van der Waals surface area contributed by atoms with Gasteiger partial charge in [0.05, 0.1) is 0 Å². The molecule has 1 nitrogen and oxygen atoms in total. The summed E-state index contributed by atoms with van der Waals surface area (Å²) in [6.45, 7) is 2.50. The molecule has 0 aromatic carbocycles. The summed E-state index contributed by atoms with van der Waals surface area (Å²) < 4.78 is 2.33. The Bertz CT molecular complexity index is 74.0. The van der Waals surface area contributed by atoms with Crippen molar-refractivity contribution in [1.29, 1.82) is 0 Å². The summed E-state index contributed by atoms with van der Waals surface area (Å²) in [7, 11) is 0. The second-order valence-electron chi connectivity index (χ2n) is 1.65. The molecule has 0 aromatic heterocycles. The molecule has 0 unspecified atom stereocenters. The Labute approximate surface area is 106 Å². The van der Waals surface area contributed by atoms with Crippen molar-refractivity contribution in [3.05, 3.63) is 0 Å². The van der Waals surface area contributed by atoms with Crippen LogP contribution >= 0.6 is 24.4 Å². The van der Waals surface area contributed by atoms with Crippen molar-refractivity contribution in [2.75, 3.05) is 13.1 Å². The molecule has 1 rings (SSSR count). The average Bonchev–Trinajstić information content (AvgIpc) is 2.44. The fraction of sp³-hybridized carbons (Fsp3) is 0.667. The maximum Gasteiger partial charge on any atom is 2.00 e. The van der Waals surface area contributed by atoms with Gasteiger partial charge in [0.15, 0.2) is 0 Å². The van der Waals surface area contributed by atoms with E-state index in [-0.39, 0.29) is 16.5 Å². The molecule has 0 aliphatic carbocycles. The zero-order valence-electron chi connectivity index (χ0n) is 6.43. The number of rotatable bonds is 0. The summed E-state index contributed by atoms with van der Waals surface area (Å²) >= 11 is 16.3. The van der Waals surface area contributed by atoms with Gasteiger partial charge in [0.25, 0.3) is 0 Å². The summed E-state index contributed by atoms with van der Waals surface area (Å²) in [5.41, 5.74) is 0. The van der Waals surface area contributed by atoms with E-state index in [4.69, 9.17) is 0 Å². The molecular weight excluding hydrogens is 273 g/mol. The van der Waals surface area contributed by atoms with Gasteiger partial charge in [0, 0.05) is 0 Å². The molecule has 0 spiro atoms. The van der Waals surface area contributed by atoms with Gasteiger partial charge < -0.3 is 55.0 Å². The Kier molecular flexibility index (Phi) is 35.5. The number of nitrogens with one attached hydrogen (secondary N) is 1. The van der Waals surface area contributed by atoms with E-state index in [1.54, 1.807) is 0 Å². The Morgan fingerprint density at radius 1 is 1.00 bits per heavy atom. The molecule has 6 heteroatoms. The second-order valence-corrected chi connectivity index (χ2v) is 3.19. The zero-order valence-corrected chi connectivity index (χ0v) is 10.7. The van der Waals surface area contributed by atoms with Crippen molar-refractivity contribution < 1.29 is 16.5 Å². The maximum atomic E-state index is 4.08. The van der Waals surface area contributed by atoms with Crippen LogP contribution in [0.4, 0.5) is 0 Å². The molecule has 1 aliphatic heterocycles. The van der Waals surface area contributed by atoms with Gasteiger partial charge in [0.2, 0.25) is 0 Å². The van der Waals surface area contributed by atoms with Gasteiger partial charge in [-0.2, -0.15) is 9.40 Å². The Hall–Kier alpha value is 1.07.